The van der Waals surface area contributed by atoms with E-state index in [1.165, 1.54) is 0 Å². The second-order valence-electron chi connectivity index (χ2n) is 5.27. The third-order valence-electron chi connectivity index (χ3n) is 3.75. The van der Waals surface area contributed by atoms with Gasteiger partial charge in [0.15, 0.2) is 5.76 Å². The first-order chi connectivity index (χ1) is 11.3. The van der Waals surface area contributed by atoms with Gasteiger partial charge in [0.25, 0.3) is 0 Å². The van der Waals surface area contributed by atoms with E-state index in [0.29, 0.717) is 5.90 Å². The number of aliphatic imine (C=N–C) groups is 1. The molecule has 0 spiro atoms. The Balaban J connectivity index is 1.72. The minimum atomic E-state index is -0.350. The van der Waals surface area contributed by atoms with E-state index >= 15 is 0 Å². The fraction of sp³-hybridized carbons (Fsp3) is 0. The number of hydrogen-bond donors (Lipinski definition) is 0. The largest absolute Gasteiger partial charge is 0.432 e. The summed E-state index contributed by atoms with van der Waals surface area (Å²) in [7, 11) is 0. The molecule has 110 valence electrons. The SMILES string of the molecule is O=C1N=C(c2ccccc2)O/C1=C\c1cccc2ccccc12. The maximum atomic E-state index is 12.1. The van der Waals surface area contributed by atoms with E-state index in [1.807, 2.05) is 72.8 Å². The molecule has 1 heterocycles. The van der Waals surface area contributed by atoms with Crippen LogP contribution in [-0.4, -0.2) is 11.8 Å². The van der Waals surface area contributed by atoms with Crippen LogP contribution in [0.3, 0.4) is 0 Å². The molecule has 3 heteroatoms. The summed E-state index contributed by atoms with van der Waals surface area (Å²) in [6.45, 7) is 0. The first-order valence-corrected chi connectivity index (χ1v) is 7.37. The minimum Gasteiger partial charge on any atom is -0.432 e. The lowest BCUT2D eigenvalue weighted by molar-refractivity contribution is -0.115. The van der Waals surface area contributed by atoms with E-state index in [1.54, 1.807) is 6.08 Å². The van der Waals surface area contributed by atoms with Crippen LogP contribution in [0.25, 0.3) is 16.8 Å². The van der Waals surface area contributed by atoms with Crippen molar-refractivity contribution in [1.29, 1.82) is 0 Å². The first-order valence-electron chi connectivity index (χ1n) is 7.37. The van der Waals surface area contributed by atoms with Crippen molar-refractivity contribution in [1.82, 2.24) is 0 Å². The van der Waals surface area contributed by atoms with Crippen LogP contribution in [0.15, 0.2) is 83.5 Å². The topological polar surface area (TPSA) is 38.7 Å². The zero-order chi connectivity index (χ0) is 15.6. The smallest absolute Gasteiger partial charge is 0.316 e. The average Bonchev–Trinajstić information content (AvgIpc) is 2.97. The zero-order valence-electron chi connectivity index (χ0n) is 12.3. The number of ether oxygens (including phenoxy) is 1. The Bertz CT molecular complexity index is 950. The number of fused-ring (bicyclic) bond motifs is 1. The molecule has 1 aliphatic rings. The van der Waals surface area contributed by atoms with Crippen molar-refractivity contribution >= 4 is 28.7 Å². The van der Waals surface area contributed by atoms with Gasteiger partial charge in [-0.15, -0.1) is 0 Å². The molecule has 0 aromatic heterocycles. The Hall–Kier alpha value is -3.20. The van der Waals surface area contributed by atoms with Crippen LogP contribution < -0.4 is 0 Å². The van der Waals surface area contributed by atoms with E-state index in [9.17, 15) is 4.79 Å². The Morgan fingerprint density at radius 3 is 2.43 bits per heavy atom. The molecular weight excluding hydrogens is 286 g/mol. The molecule has 4 rings (SSSR count). The lowest BCUT2D eigenvalue weighted by atomic mass is 10.0. The van der Waals surface area contributed by atoms with Gasteiger partial charge in [-0.2, -0.15) is 4.99 Å². The van der Waals surface area contributed by atoms with Crippen LogP contribution >= 0.6 is 0 Å². The Morgan fingerprint density at radius 2 is 1.57 bits per heavy atom. The summed E-state index contributed by atoms with van der Waals surface area (Å²) in [6, 6.07) is 23.4. The third kappa shape index (κ3) is 2.53. The van der Waals surface area contributed by atoms with Crippen molar-refractivity contribution < 1.29 is 9.53 Å². The second kappa shape index (κ2) is 5.54. The van der Waals surface area contributed by atoms with Crippen LogP contribution in [0.1, 0.15) is 11.1 Å². The highest BCUT2D eigenvalue weighted by Gasteiger charge is 2.23. The maximum absolute atomic E-state index is 12.1. The third-order valence-corrected chi connectivity index (χ3v) is 3.75. The Kier molecular flexibility index (Phi) is 3.24. The summed E-state index contributed by atoms with van der Waals surface area (Å²) < 4.78 is 5.67. The van der Waals surface area contributed by atoms with Gasteiger partial charge in [-0.1, -0.05) is 60.7 Å². The molecular formula is C20H13NO2. The quantitative estimate of drug-likeness (QED) is 0.666. The van der Waals surface area contributed by atoms with Gasteiger partial charge in [0.1, 0.15) is 0 Å². The van der Waals surface area contributed by atoms with E-state index in [-0.39, 0.29) is 11.7 Å². The highest BCUT2D eigenvalue weighted by atomic mass is 16.5. The molecule has 1 aliphatic heterocycles. The summed E-state index contributed by atoms with van der Waals surface area (Å²) in [4.78, 5) is 16.1. The Morgan fingerprint density at radius 1 is 0.826 bits per heavy atom. The predicted molar refractivity (Wildman–Crippen MR) is 91.0 cm³/mol. The second-order valence-corrected chi connectivity index (χ2v) is 5.27. The number of carbonyl (C=O) groups is 1. The number of amides is 1. The van der Waals surface area contributed by atoms with Crippen LogP contribution in [0.4, 0.5) is 0 Å². The summed E-state index contributed by atoms with van der Waals surface area (Å²) >= 11 is 0. The number of rotatable bonds is 2. The van der Waals surface area contributed by atoms with Gasteiger partial charge >= 0.3 is 5.91 Å². The molecule has 1 amide bonds. The molecule has 0 saturated carbocycles. The van der Waals surface area contributed by atoms with Crippen molar-refractivity contribution in [3.05, 3.63) is 89.7 Å². The molecule has 0 aliphatic carbocycles. The normalized spacial score (nSPS) is 15.7. The molecule has 0 radical (unpaired) electrons. The molecule has 3 aromatic carbocycles. The van der Waals surface area contributed by atoms with E-state index in [2.05, 4.69) is 4.99 Å². The van der Waals surface area contributed by atoms with Crippen molar-refractivity contribution in [2.45, 2.75) is 0 Å². The van der Waals surface area contributed by atoms with Crippen molar-refractivity contribution in [2.24, 2.45) is 4.99 Å². The number of hydrogen-bond acceptors (Lipinski definition) is 2. The fourth-order valence-corrected chi connectivity index (χ4v) is 2.63. The lowest BCUT2D eigenvalue weighted by Gasteiger charge is -2.04. The summed E-state index contributed by atoms with van der Waals surface area (Å²) in [5.74, 6) is 0.249. The summed E-state index contributed by atoms with van der Waals surface area (Å²) in [6.07, 6.45) is 1.75. The molecule has 3 nitrogen and oxygen atoms in total. The van der Waals surface area contributed by atoms with Crippen molar-refractivity contribution in [3.8, 4) is 0 Å². The van der Waals surface area contributed by atoms with Crippen LogP contribution in [0.2, 0.25) is 0 Å². The van der Waals surface area contributed by atoms with Gasteiger partial charge in [-0.25, -0.2) is 0 Å². The zero-order valence-corrected chi connectivity index (χ0v) is 12.3. The van der Waals surface area contributed by atoms with Gasteiger partial charge in [0, 0.05) is 5.56 Å². The number of nitrogens with zero attached hydrogens (tertiary/aromatic N) is 1. The predicted octanol–water partition coefficient (Wildman–Crippen LogP) is 4.18. The van der Waals surface area contributed by atoms with Crippen LogP contribution in [0.5, 0.6) is 0 Å². The molecule has 0 atom stereocenters. The van der Waals surface area contributed by atoms with E-state index < -0.39 is 0 Å². The number of benzene rings is 3. The van der Waals surface area contributed by atoms with Crippen molar-refractivity contribution in [2.75, 3.05) is 0 Å². The summed E-state index contributed by atoms with van der Waals surface area (Å²) in [5.41, 5.74) is 1.73. The van der Waals surface area contributed by atoms with Crippen LogP contribution in [0, 0.1) is 0 Å². The molecule has 0 saturated heterocycles. The highest BCUT2D eigenvalue weighted by Crippen LogP contribution is 2.24. The van der Waals surface area contributed by atoms with Gasteiger partial charge in [0.05, 0.1) is 0 Å². The molecule has 0 unspecified atom stereocenters. The average molecular weight is 299 g/mol. The van der Waals surface area contributed by atoms with E-state index in [0.717, 1.165) is 21.9 Å². The van der Waals surface area contributed by atoms with E-state index in [4.69, 9.17) is 4.74 Å². The van der Waals surface area contributed by atoms with Gasteiger partial charge in [0.2, 0.25) is 5.90 Å². The van der Waals surface area contributed by atoms with Crippen LogP contribution in [-0.2, 0) is 9.53 Å². The number of carbonyl (C=O) groups excluding carboxylic acids is 1. The van der Waals surface area contributed by atoms with Crippen molar-refractivity contribution in [3.63, 3.8) is 0 Å². The fourth-order valence-electron chi connectivity index (χ4n) is 2.63. The molecule has 0 fully saturated rings. The minimum absolute atomic E-state index is 0.250. The monoisotopic (exact) mass is 299 g/mol. The van der Waals surface area contributed by atoms with Gasteiger partial charge in [-0.05, 0) is 34.5 Å². The Labute approximate surface area is 133 Å². The van der Waals surface area contributed by atoms with Gasteiger partial charge < -0.3 is 4.74 Å². The molecule has 0 N–H and O–H groups in total. The standard InChI is InChI=1S/C20H13NO2/c22-19-18(23-20(21-19)15-8-2-1-3-9-15)13-16-11-6-10-14-7-4-5-12-17(14)16/h1-13H/b18-13-. The highest BCUT2D eigenvalue weighted by molar-refractivity contribution is 6.14. The molecule has 3 aromatic rings. The molecule has 23 heavy (non-hydrogen) atoms. The first kappa shape index (κ1) is 13.5. The maximum Gasteiger partial charge on any atom is 0.316 e. The summed E-state index contributed by atoms with van der Waals surface area (Å²) in [5, 5.41) is 2.20. The molecule has 0 bridgehead atoms. The lowest BCUT2D eigenvalue weighted by Crippen LogP contribution is -2.00. The van der Waals surface area contributed by atoms with Gasteiger partial charge in [-0.3, -0.25) is 4.79 Å².